The Morgan fingerprint density at radius 2 is 1.78 bits per heavy atom. The summed E-state index contributed by atoms with van der Waals surface area (Å²) in [5, 5.41) is 11.9. The van der Waals surface area contributed by atoms with Gasteiger partial charge >= 0.3 is 0 Å². The molecule has 0 aliphatic carbocycles. The number of carbonyl (C=O) groups is 1. The molecular weight excluding hydrogens is 552 g/mol. The summed E-state index contributed by atoms with van der Waals surface area (Å²) in [6.45, 7) is 2.33. The molecule has 3 aromatic heterocycles. The van der Waals surface area contributed by atoms with E-state index in [9.17, 15) is 22.0 Å². The highest BCUT2D eigenvalue weighted by molar-refractivity contribution is 7.89. The molecule has 4 heterocycles. The maximum Gasteiger partial charge on any atom is 0.262 e. The van der Waals surface area contributed by atoms with E-state index in [2.05, 4.69) is 15.4 Å². The Morgan fingerprint density at radius 3 is 2.51 bits per heavy atom. The number of piperidine rings is 1. The fourth-order valence-electron chi connectivity index (χ4n) is 4.92. The van der Waals surface area contributed by atoms with Crippen molar-refractivity contribution in [1.29, 1.82) is 0 Å². The Hall–Kier alpha value is -4.49. The summed E-state index contributed by atoms with van der Waals surface area (Å²) in [5.41, 5.74) is 3.23. The van der Waals surface area contributed by atoms with Gasteiger partial charge in [0.2, 0.25) is 10.0 Å². The summed E-state index contributed by atoms with van der Waals surface area (Å²) < 4.78 is 57.6. The smallest absolute Gasteiger partial charge is 0.262 e. The maximum atomic E-state index is 13.7. The summed E-state index contributed by atoms with van der Waals surface area (Å²) in [7, 11) is -3.99. The third-order valence-corrected chi connectivity index (χ3v) is 9.07. The lowest BCUT2D eigenvalue weighted by atomic mass is 9.95. The summed E-state index contributed by atoms with van der Waals surface area (Å²) >= 11 is 0. The molecule has 0 unspecified atom stereocenters. The number of anilines is 1. The molecule has 0 bridgehead atoms. The molecule has 1 N–H and O–H groups in total. The summed E-state index contributed by atoms with van der Waals surface area (Å²) in [6.07, 6.45) is 5.65. The van der Waals surface area contributed by atoms with Crippen molar-refractivity contribution in [2.45, 2.75) is 30.6 Å². The molecule has 1 fully saturated rings. The Labute approximate surface area is 234 Å². The number of nitrogens with zero attached hydrogens (tertiary/aromatic N) is 6. The van der Waals surface area contributed by atoms with E-state index in [1.165, 1.54) is 15.0 Å². The zero-order valence-corrected chi connectivity index (χ0v) is 22.7. The standard InChI is InChI=1S/C28H25F2N7O3S/c1-18-3-5-20(6-4-18)37-26(33-28(38)22-17-32-36-12-2-11-31-27(22)36)16-25(34-37)19-9-13-35(14-10-19)41(39,40)21-7-8-23(29)24(30)15-21/h2-8,11-12,15-17,19H,9-10,13-14H2,1H3,(H,33,38). The van der Waals surface area contributed by atoms with E-state index in [-0.39, 0.29) is 23.9 Å². The van der Waals surface area contributed by atoms with Crippen molar-refractivity contribution in [3.63, 3.8) is 0 Å². The van der Waals surface area contributed by atoms with Crippen LogP contribution in [0, 0.1) is 18.6 Å². The number of aryl methyl sites for hydroxylation is 1. The summed E-state index contributed by atoms with van der Waals surface area (Å²) in [5.74, 6) is -2.36. The van der Waals surface area contributed by atoms with E-state index in [0.29, 0.717) is 41.6 Å². The second-order valence-corrected chi connectivity index (χ2v) is 11.8. The van der Waals surface area contributed by atoms with Gasteiger partial charge in [-0.1, -0.05) is 17.7 Å². The average molecular weight is 578 g/mol. The van der Waals surface area contributed by atoms with Gasteiger partial charge in [-0.15, -0.1) is 0 Å². The van der Waals surface area contributed by atoms with Crippen molar-refractivity contribution in [2.75, 3.05) is 18.4 Å². The molecule has 0 radical (unpaired) electrons. The normalized spacial score (nSPS) is 14.9. The van der Waals surface area contributed by atoms with Gasteiger partial charge in [0.25, 0.3) is 5.91 Å². The number of carbonyl (C=O) groups excluding carboxylic acids is 1. The van der Waals surface area contributed by atoms with Crippen LogP contribution in [-0.2, 0) is 10.0 Å². The largest absolute Gasteiger partial charge is 0.306 e. The number of halogens is 2. The highest BCUT2D eigenvalue weighted by atomic mass is 32.2. The van der Waals surface area contributed by atoms with Gasteiger partial charge < -0.3 is 5.32 Å². The number of sulfonamides is 1. The van der Waals surface area contributed by atoms with Crippen molar-refractivity contribution in [1.82, 2.24) is 28.7 Å². The highest BCUT2D eigenvalue weighted by Crippen LogP contribution is 2.33. The molecule has 6 rings (SSSR count). The van der Waals surface area contributed by atoms with Crippen LogP contribution in [0.3, 0.4) is 0 Å². The molecule has 1 aliphatic rings. The highest BCUT2D eigenvalue weighted by Gasteiger charge is 2.32. The van der Waals surface area contributed by atoms with Crippen molar-refractivity contribution >= 4 is 27.4 Å². The number of aromatic nitrogens is 5. The molecular formula is C28H25F2N7O3S. The zero-order chi connectivity index (χ0) is 28.7. The second kappa shape index (κ2) is 10.5. The second-order valence-electron chi connectivity index (χ2n) is 9.86. The monoisotopic (exact) mass is 577 g/mol. The first kappa shape index (κ1) is 26.7. The van der Waals surface area contributed by atoms with Gasteiger partial charge in [0.15, 0.2) is 17.3 Å². The van der Waals surface area contributed by atoms with E-state index in [0.717, 1.165) is 23.4 Å². The number of hydrogen-bond donors (Lipinski definition) is 1. The van der Waals surface area contributed by atoms with Gasteiger partial charge in [-0.05, 0) is 56.2 Å². The van der Waals surface area contributed by atoms with Gasteiger partial charge in [0.05, 0.1) is 22.5 Å². The lowest BCUT2D eigenvalue weighted by molar-refractivity contribution is 0.102. The van der Waals surface area contributed by atoms with Crippen LogP contribution in [0.15, 0.2) is 78.1 Å². The number of hydrogen-bond acceptors (Lipinski definition) is 6. The van der Waals surface area contributed by atoms with Crippen molar-refractivity contribution in [3.8, 4) is 5.69 Å². The van der Waals surface area contributed by atoms with Crippen molar-refractivity contribution < 1.29 is 22.0 Å². The molecule has 0 atom stereocenters. The Morgan fingerprint density at radius 1 is 1.02 bits per heavy atom. The van der Waals surface area contributed by atoms with Crippen LogP contribution in [0.2, 0.25) is 0 Å². The molecule has 0 spiro atoms. The molecule has 5 aromatic rings. The van der Waals surface area contributed by atoms with Crippen LogP contribution in [0.4, 0.5) is 14.6 Å². The summed E-state index contributed by atoms with van der Waals surface area (Å²) in [6, 6.07) is 13.8. The lowest BCUT2D eigenvalue weighted by Gasteiger charge is -2.30. The first-order valence-corrected chi connectivity index (χ1v) is 14.4. The van der Waals surface area contributed by atoms with Crippen molar-refractivity contribution in [2.24, 2.45) is 0 Å². The van der Waals surface area contributed by atoms with Crippen LogP contribution in [0.25, 0.3) is 11.3 Å². The van der Waals surface area contributed by atoms with Crippen LogP contribution < -0.4 is 5.32 Å². The van der Waals surface area contributed by atoms with Gasteiger partial charge in [0.1, 0.15) is 11.4 Å². The fraction of sp³-hybridized carbons (Fsp3) is 0.214. The van der Waals surface area contributed by atoms with E-state index >= 15 is 0 Å². The first-order valence-electron chi connectivity index (χ1n) is 12.9. The number of fused-ring (bicyclic) bond motifs is 1. The van der Waals surface area contributed by atoms with E-state index < -0.39 is 27.6 Å². The molecule has 41 heavy (non-hydrogen) atoms. The third kappa shape index (κ3) is 5.09. The van der Waals surface area contributed by atoms with Crippen LogP contribution in [0.5, 0.6) is 0 Å². The minimum Gasteiger partial charge on any atom is -0.306 e. The number of nitrogens with one attached hydrogen (secondary N) is 1. The Balaban J connectivity index is 1.26. The quantitative estimate of drug-likeness (QED) is 0.322. The topological polar surface area (TPSA) is 114 Å². The van der Waals surface area contributed by atoms with E-state index in [1.807, 2.05) is 31.2 Å². The zero-order valence-electron chi connectivity index (χ0n) is 21.9. The molecule has 1 amide bonds. The van der Waals surface area contributed by atoms with E-state index in [1.54, 1.807) is 29.2 Å². The minimum absolute atomic E-state index is 0.0904. The SMILES string of the molecule is Cc1ccc(-n2nc(C3CCN(S(=O)(=O)c4ccc(F)c(F)c4)CC3)cc2NC(=O)c2cnn3cccnc23)cc1. The van der Waals surface area contributed by atoms with Crippen LogP contribution in [0.1, 0.15) is 40.4 Å². The predicted molar refractivity (Wildman–Crippen MR) is 146 cm³/mol. The number of amides is 1. The van der Waals surface area contributed by atoms with Gasteiger partial charge in [0, 0.05) is 37.5 Å². The molecule has 0 saturated carbocycles. The molecule has 210 valence electrons. The average Bonchev–Trinajstić information content (AvgIpc) is 3.60. The molecule has 1 saturated heterocycles. The Bertz CT molecular complexity index is 1860. The van der Waals surface area contributed by atoms with Crippen molar-refractivity contribution in [3.05, 3.63) is 102 Å². The van der Waals surface area contributed by atoms with Gasteiger partial charge in [-0.2, -0.15) is 14.5 Å². The Kier molecular flexibility index (Phi) is 6.83. The number of rotatable bonds is 6. The number of benzene rings is 2. The molecule has 13 heteroatoms. The van der Waals surface area contributed by atoms with Crippen LogP contribution in [-0.4, -0.2) is 56.1 Å². The molecule has 10 nitrogen and oxygen atoms in total. The fourth-order valence-corrected chi connectivity index (χ4v) is 6.40. The predicted octanol–water partition coefficient (Wildman–Crippen LogP) is 4.32. The van der Waals surface area contributed by atoms with Gasteiger partial charge in [-0.25, -0.2) is 31.4 Å². The molecule has 1 aliphatic heterocycles. The first-order chi connectivity index (χ1) is 19.7. The lowest BCUT2D eigenvalue weighted by Crippen LogP contribution is -2.38. The minimum atomic E-state index is -3.99. The van der Waals surface area contributed by atoms with E-state index in [4.69, 9.17) is 5.10 Å². The summed E-state index contributed by atoms with van der Waals surface area (Å²) in [4.78, 5) is 17.2. The van der Waals surface area contributed by atoms with Gasteiger partial charge in [-0.3, -0.25) is 4.79 Å². The third-order valence-electron chi connectivity index (χ3n) is 7.17. The van der Waals surface area contributed by atoms with Crippen LogP contribution >= 0.6 is 0 Å². The maximum absolute atomic E-state index is 13.7. The molecule has 2 aromatic carbocycles.